The van der Waals surface area contributed by atoms with Gasteiger partial charge in [-0.25, -0.2) is 4.79 Å². The molecule has 0 saturated heterocycles. The Morgan fingerprint density at radius 3 is 2.47 bits per heavy atom. The molecule has 38 heavy (non-hydrogen) atoms. The van der Waals surface area contributed by atoms with Crippen molar-refractivity contribution in [1.29, 1.82) is 0 Å². The summed E-state index contributed by atoms with van der Waals surface area (Å²) in [6.07, 6.45) is 1.31. The van der Waals surface area contributed by atoms with Crippen LogP contribution in [0.2, 0.25) is 0 Å². The number of rotatable bonds is 8. The Hall–Kier alpha value is -3.79. The van der Waals surface area contributed by atoms with Gasteiger partial charge in [-0.05, 0) is 62.2 Å². The second kappa shape index (κ2) is 11.7. The van der Waals surface area contributed by atoms with E-state index in [1.165, 1.54) is 0 Å². The van der Waals surface area contributed by atoms with Crippen molar-refractivity contribution in [3.63, 3.8) is 0 Å². The van der Waals surface area contributed by atoms with E-state index in [0.717, 1.165) is 12.8 Å². The Bertz CT molecular complexity index is 1170. The van der Waals surface area contributed by atoms with E-state index in [4.69, 9.17) is 9.47 Å². The zero-order chi connectivity index (χ0) is 27.4. The van der Waals surface area contributed by atoms with Gasteiger partial charge in [0.1, 0.15) is 17.6 Å². The number of carbonyl (C=O) groups excluding carboxylic acids is 3. The second-order valence-electron chi connectivity index (χ2n) is 10.1. The predicted octanol–water partition coefficient (Wildman–Crippen LogP) is 3.43. The van der Waals surface area contributed by atoms with Crippen molar-refractivity contribution in [3.05, 3.63) is 48.0 Å². The molecule has 2 aliphatic rings. The summed E-state index contributed by atoms with van der Waals surface area (Å²) in [5, 5.41) is 15.6. The lowest BCUT2D eigenvalue weighted by Crippen LogP contribution is -2.50. The highest BCUT2D eigenvalue weighted by molar-refractivity contribution is 6.00. The van der Waals surface area contributed by atoms with Gasteiger partial charge < -0.3 is 35.0 Å². The molecule has 0 spiro atoms. The van der Waals surface area contributed by atoms with Gasteiger partial charge in [-0.1, -0.05) is 6.92 Å². The van der Waals surface area contributed by atoms with E-state index in [9.17, 15) is 19.5 Å². The van der Waals surface area contributed by atoms with Crippen LogP contribution in [0.15, 0.2) is 42.5 Å². The molecule has 204 valence electrons. The Morgan fingerprint density at radius 1 is 1.16 bits per heavy atom. The Balaban J connectivity index is 1.54. The number of urea groups is 1. The fourth-order valence-corrected chi connectivity index (χ4v) is 4.35. The molecule has 10 heteroatoms. The third-order valence-electron chi connectivity index (χ3n) is 7.02. The number of amides is 4. The first kappa shape index (κ1) is 27.3. The normalized spacial score (nSPS) is 19.8. The maximum absolute atomic E-state index is 13.5. The fourth-order valence-electron chi connectivity index (χ4n) is 4.35. The van der Waals surface area contributed by atoms with Gasteiger partial charge in [0.15, 0.2) is 0 Å². The molecule has 10 nitrogen and oxygen atoms in total. The van der Waals surface area contributed by atoms with Crippen molar-refractivity contribution < 1.29 is 29.0 Å². The third-order valence-corrected chi connectivity index (χ3v) is 7.02. The standard InChI is InChI=1S/C28H36N4O6/c1-17-14-32(18(2)16-33)27(35)23-13-21(29-26(34)19-5-6-19)9-12-24(23)38-25(17)15-31(3)28(36)30-20-7-10-22(37-4)11-8-20/h7-13,17-19,25,33H,5-6,14-16H2,1-4H3,(H,29,34)(H,30,36)/t17-,18-,25+/m1/s1. The number of aliphatic hydroxyl groups is 1. The number of nitrogens with zero attached hydrogens (tertiary/aromatic N) is 2. The first-order chi connectivity index (χ1) is 18.2. The van der Waals surface area contributed by atoms with E-state index >= 15 is 0 Å². The van der Waals surface area contributed by atoms with Crippen LogP contribution in [-0.2, 0) is 4.79 Å². The molecule has 2 aromatic carbocycles. The first-order valence-electron chi connectivity index (χ1n) is 12.9. The highest BCUT2D eigenvalue weighted by Gasteiger charge is 2.35. The summed E-state index contributed by atoms with van der Waals surface area (Å²) in [7, 11) is 3.26. The summed E-state index contributed by atoms with van der Waals surface area (Å²) < 4.78 is 11.5. The van der Waals surface area contributed by atoms with Gasteiger partial charge in [-0.3, -0.25) is 9.59 Å². The number of fused-ring (bicyclic) bond motifs is 1. The molecule has 1 aliphatic carbocycles. The molecule has 2 aromatic rings. The summed E-state index contributed by atoms with van der Waals surface area (Å²) in [5.41, 5.74) is 1.46. The molecule has 3 atom stereocenters. The number of carbonyl (C=O) groups is 3. The summed E-state index contributed by atoms with van der Waals surface area (Å²) in [5.74, 6) is 0.611. The van der Waals surface area contributed by atoms with Crippen LogP contribution in [0.25, 0.3) is 0 Å². The van der Waals surface area contributed by atoms with Gasteiger partial charge in [0.05, 0.1) is 31.9 Å². The summed E-state index contributed by atoms with van der Waals surface area (Å²) in [6, 6.07) is 11.4. The molecule has 0 aromatic heterocycles. The monoisotopic (exact) mass is 524 g/mol. The molecular weight excluding hydrogens is 488 g/mol. The predicted molar refractivity (Wildman–Crippen MR) is 144 cm³/mol. The number of ether oxygens (including phenoxy) is 2. The quantitative estimate of drug-likeness (QED) is 0.487. The Morgan fingerprint density at radius 2 is 1.84 bits per heavy atom. The number of methoxy groups -OCH3 is 1. The van der Waals surface area contributed by atoms with E-state index in [2.05, 4.69) is 10.6 Å². The third kappa shape index (κ3) is 6.36. The van der Waals surface area contributed by atoms with Gasteiger partial charge >= 0.3 is 6.03 Å². The molecule has 1 fully saturated rings. The average Bonchev–Trinajstić information content (AvgIpc) is 3.76. The smallest absolute Gasteiger partial charge is 0.321 e. The fraction of sp³-hybridized carbons (Fsp3) is 0.464. The number of likely N-dealkylation sites (N-methyl/N-ethyl adjacent to an activating group) is 1. The minimum Gasteiger partial charge on any atom is -0.497 e. The topological polar surface area (TPSA) is 120 Å². The van der Waals surface area contributed by atoms with Crippen LogP contribution in [0.4, 0.5) is 16.2 Å². The number of nitrogens with one attached hydrogen (secondary N) is 2. The Labute approximate surface area is 222 Å². The largest absolute Gasteiger partial charge is 0.497 e. The zero-order valence-corrected chi connectivity index (χ0v) is 22.3. The van der Waals surface area contributed by atoms with Gasteiger partial charge in [0.2, 0.25) is 5.91 Å². The van der Waals surface area contributed by atoms with Crippen LogP contribution >= 0.6 is 0 Å². The highest BCUT2D eigenvalue weighted by atomic mass is 16.5. The van der Waals surface area contributed by atoms with Crippen LogP contribution in [0, 0.1) is 11.8 Å². The maximum Gasteiger partial charge on any atom is 0.321 e. The van der Waals surface area contributed by atoms with Gasteiger partial charge in [0.25, 0.3) is 5.91 Å². The molecule has 4 rings (SSSR count). The van der Waals surface area contributed by atoms with Crippen molar-refractivity contribution in [1.82, 2.24) is 9.80 Å². The van der Waals surface area contributed by atoms with Gasteiger partial charge in [-0.15, -0.1) is 0 Å². The molecule has 4 amide bonds. The SMILES string of the molecule is COc1ccc(NC(=O)N(C)C[C@@H]2Oc3ccc(NC(=O)C4CC4)cc3C(=O)N([C@H](C)CO)C[C@H]2C)cc1. The van der Waals surface area contributed by atoms with Gasteiger partial charge in [0, 0.05) is 36.8 Å². The van der Waals surface area contributed by atoms with Crippen LogP contribution < -0.4 is 20.1 Å². The van der Waals surface area contributed by atoms with Crippen LogP contribution in [0.5, 0.6) is 11.5 Å². The molecule has 0 radical (unpaired) electrons. The lowest BCUT2D eigenvalue weighted by Gasteiger charge is -2.38. The molecule has 0 bridgehead atoms. The van der Waals surface area contributed by atoms with E-state index in [-0.39, 0.29) is 42.8 Å². The van der Waals surface area contributed by atoms with E-state index in [1.807, 2.05) is 6.92 Å². The van der Waals surface area contributed by atoms with Crippen LogP contribution in [-0.4, -0.2) is 78.8 Å². The molecule has 1 heterocycles. The van der Waals surface area contributed by atoms with Crippen LogP contribution in [0.3, 0.4) is 0 Å². The average molecular weight is 525 g/mol. The van der Waals surface area contributed by atoms with E-state index in [0.29, 0.717) is 35.0 Å². The lowest BCUT2D eigenvalue weighted by atomic mass is 9.99. The van der Waals surface area contributed by atoms with E-state index < -0.39 is 12.1 Å². The van der Waals surface area contributed by atoms with Crippen molar-refractivity contribution in [3.8, 4) is 11.5 Å². The zero-order valence-electron chi connectivity index (χ0n) is 22.3. The summed E-state index contributed by atoms with van der Waals surface area (Å²) >= 11 is 0. The number of aliphatic hydroxyl groups excluding tert-OH is 1. The minimum absolute atomic E-state index is 0.0275. The number of anilines is 2. The van der Waals surface area contributed by atoms with Crippen molar-refractivity contribution >= 4 is 29.2 Å². The van der Waals surface area contributed by atoms with E-state index in [1.54, 1.807) is 73.3 Å². The lowest BCUT2D eigenvalue weighted by molar-refractivity contribution is -0.117. The van der Waals surface area contributed by atoms with Crippen molar-refractivity contribution in [2.75, 3.05) is 44.5 Å². The number of hydrogen-bond acceptors (Lipinski definition) is 6. The maximum atomic E-state index is 13.5. The molecule has 0 unspecified atom stereocenters. The van der Waals surface area contributed by atoms with Crippen molar-refractivity contribution in [2.45, 2.75) is 38.8 Å². The molecule has 3 N–H and O–H groups in total. The first-order valence-corrected chi connectivity index (χ1v) is 12.9. The number of benzene rings is 2. The van der Waals surface area contributed by atoms with Crippen LogP contribution in [0.1, 0.15) is 37.0 Å². The molecular formula is C28H36N4O6. The highest BCUT2D eigenvalue weighted by Crippen LogP contribution is 2.33. The van der Waals surface area contributed by atoms with Crippen molar-refractivity contribution in [2.24, 2.45) is 11.8 Å². The van der Waals surface area contributed by atoms with Gasteiger partial charge in [-0.2, -0.15) is 0 Å². The molecule has 1 saturated carbocycles. The minimum atomic E-state index is -0.436. The summed E-state index contributed by atoms with van der Waals surface area (Å²) in [4.78, 5) is 41.9. The molecule has 1 aliphatic heterocycles. The Kier molecular flexibility index (Phi) is 8.41. The summed E-state index contributed by atoms with van der Waals surface area (Å²) in [6.45, 7) is 4.14. The second-order valence-corrected chi connectivity index (χ2v) is 10.1. The number of hydrogen-bond donors (Lipinski definition) is 3.